The quantitative estimate of drug-likeness (QED) is 0.141. The summed E-state index contributed by atoms with van der Waals surface area (Å²) in [7, 11) is 0. The number of carboxylic acids is 3. The number of carboxylic acid groups (broad SMARTS) is 3. The summed E-state index contributed by atoms with van der Waals surface area (Å²) < 4.78 is 0. The van der Waals surface area contributed by atoms with Gasteiger partial charge >= 0.3 is 17.9 Å². The Morgan fingerprint density at radius 3 is 0.767 bits per heavy atom. The zero-order valence-corrected chi connectivity index (χ0v) is 16.2. The van der Waals surface area contributed by atoms with Crippen LogP contribution < -0.4 is 34.4 Å². The van der Waals surface area contributed by atoms with Crippen LogP contribution in [0.2, 0.25) is 0 Å². The first-order valence-corrected chi connectivity index (χ1v) is 8.41. The van der Waals surface area contributed by atoms with Gasteiger partial charge in [0, 0.05) is 19.3 Å². The molecule has 0 fully saturated rings. The highest BCUT2D eigenvalue weighted by atomic mass is 16.4. The summed E-state index contributed by atoms with van der Waals surface area (Å²) >= 11 is 0. The van der Waals surface area contributed by atoms with E-state index in [1.807, 2.05) is 0 Å². The summed E-state index contributed by atoms with van der Waals surface area (Å²) in [6.45, 7) is 0. The summed E-state index contributed by atoms with van der Waals surface area (Å²) in [5, 5.41) is 24.4. The molecule has 0 rings (SSSR count). The van der Waals surface area contributed by atoms with Gasteiger partial charge in [-0.05, 0) is 19.3 Å². The third-order valence-corrected chi connectivity index (χ3v) is 3.10. The van der Waals surface area contributed by atoms with Crippen molar-refractivity contribution in [1.82, 2.24) is 0 Å². The molecule has 0 aromatic carbocycles. The molecule has 15 N–H and O–H groups in total. The maximum atomic E-state index is 10.2. The van der Waals surface area contributed by atoms with Crippen molar-refractivity contribution in [2.24, 2.45) is 34.4 Å². The fourth-order valence-corrected chi connectivity index (χ4v) is 1.26. The Labute approximate surface area is 171 Å². The number of aliphatic carboxylic acids is 3. The van der Waals surface area contributed by atoms with E-state index < -0.39 is 53.8 Å². The van der Waals surface area contributed by atoms with Gasteiger partial charge in [0.25, 0.3) is 0 Å². The lowest BCUT2D eigenvalue weighted by atomic mass is 10.1. The minimum Gasteiger partial charge on any atom is -0.481 e. The van der Waals surface area contributed by atoms with Crippen LogP contribution in [0.1, 0.15) is 38.5 Å². The molecule has 0 aromatic heterocycles. The Morgan fingerprint density at radius 1 is 0.500 bits per heavy atom. The van der Waals surface area contributed by atoms with E-state index in [1.54, 1.807) is 0 Å². The lowest BCUT2D eigenvalue weighted by Gasteiger charge is -2.02. The number of primary amides is 3. The number of amides is 3. The lowest BCUT2D eigenvalue weighted by Crippen LogP contribution is -2.36. The van der Waals surface area contributed by atoms with Crippen LogP contribution in [0.3, 0.4) is 0 Å². The average Bonchev–Trinajstić information content (AvgIpc) is 2.62. The molecule has 15 nitrogen and oxygen atoms in total. The van der Waals surface area contributed by atoms with Gasteiger partial charge in [-0.15, -0.1) is 0 Å². The van der Waals surface area contributed by atoms with E-state index in [4.69, 9.17) is 49.7 Å². The molecular weight excluding hydrogens is 408 g/mol. The van der Waals surface area contributed by atoms with Crippen LogP contribution in [0.25, 0.3) is 0 Å². The Balaban J connectivity index is -0.000000364. The molecule has 0 saturated heterocycles. The van der Waals surface area contributed by atoms with E-state index in [0.29, 0.717) is 0 Å². The minimum atomic E-state index is -0.975. The van der Waals surface area contributed by atoms with Crippen LogP contribution in [-0.4, -0.2) is 69.1 Å². The van der Waals surface area contributed by atoms with Gasteiger partial charge in [-0.1, -0.05) is 0 Å². The van der Waals surface area contributed by atoms with Crippen molar-refractivity contribution >= 4 is 35.6 Å². The number of nitrogens with two attached hydrogens (primary N) is 6. The first-order valence-electron chi connectivity index (χ1n) is 8.41. The molecule has 0 aliphatic heterocycles. The van der Waals surface area contributed by atoms with Crippen molar-refractivity contribution < 1.29 is 44.1 Å². The SMILES string of the molecule is NC(=O)[C@@H](N)CCC(=O)O.NC(=O)[C@@H](N)CCC(=O)O.NC(=O)[C@@H](N)CCC(=O)O. The van der Waals surface area contributed by atoms with Crippen LogP contribution in [0.15, 0.2) is 0 Å². The van der Waals surface area contributed by atoms with Gasteiger partial charge in [0.15, 0.2) is 0 Å². The molecule has 0 heterocycles. The zero-order chi connectivity index (χ0) is 24.4. The second kappa shape index (κ2) is 17.8. The normalized spacial score (nSPS) is 12.5. The monoisotopic (exact) mass is 438 g/mol. The highest BCUT2D eigenvalue weighted by Gasteiger charge is 2.11. The first kappa shape index (κ1) is 31.4. The number of carbonyl (C=O) groups is 6. The molecule has 0 aromatic rings. The fraction of sp³-hybridized carbons (Fsp3) is 0.600. The van der Waals surface area contributed by atoms with Crippen molar-refractivity contribution in [3.8, 4) is 0 Å². The Hall–Kier alpha value is -3.30. The van der Waals surface area contributed by atoms with Crippen LogP contribution in [0.5, 0.6) is 0 Å². The Morgan fingerprint density at radius 2 is 0.667 bits per heavy atom. The van der Waals surface area contributed by atoms with E-state index in [9.17, 15) is 28.8 Å². The Kier molecular flexibility index (Phi) is 18.6. The molecule has 0 unspecified atom stereocenters. The molecule has 0 spiro atoms. The van der Waals surface area contributed by atoms with Crippen LogP contribution in [0, 0.1) is 0 Å². The highest BCUT2D eigenvalue weighted by molar-refractivity contribution is 5.81. The molecule has 3 amide bonds. The van der Waals surface area contributed by atoms with Crippen molar-refractivity contribution in [3.63, 3.8) is 0 Å². The smallest absolute Gasteiger partial charge is 0.303 e. The predicted octanol–water partition coefficient (Wildman–Crippen LogP) is -4.01. The second-order valence-corrected chi connectivity index (χ2v) is 5.82. The average molecular weight is 438 g/mol. The summed E-state index contributed by atoms with van der Waals surface area (Å²) in [5.74, 6) is -4.92. The summed E-state index contributed by atoms with van der Waals surface area (Å²) in [6, 6.07) is -2.51. The number of carbonyl (C=O) groups excluding carboxylic acids is 3. The van der Waals surface area contributed by atoms with Gasteiger partial charge in [0.2, 0.25) is 17.7 Å². The zero-order valence-electron chi connectivity index (χ0n) is 16.2. The molecule has 174 valence electrons. The van der Waals surface area contributed by atoms with Crippen molar-refractivity contribution in [2.45, 2.75) is 56.7 Å². The summed E-state index contributed by atoms with van der Waals surface area (Å²) in [4.78, 5) is 60.4. The highest BCUT2D eigenvalue weighted by Crippen LogP contribution is 1.93. The molecular formula is C15H30N6O9. The largest absolute Gasteiger partial charge is 0.481 e. The molecule has 0 radical (unpaired) electrons. The molecule has 0 saturated carbocycles. The number of rotatable bonds is 12. The molecule has 30 heavy (non-hydrogen) atoms. The van der Waals surface area contributed by atoms with Gasteiger partial charge in [-0.2, -0.15) is 0 Å². The molecule has 15 heteroatoms. The van der Waals surface area contributed by atoms with Gasteiger partial charge in [-0.3, -0.25) is 28.8 Å². The topological polar surface area (TPSA) is 319 Å². The molecule has 0 aliphatic rings. The van der Waals surface area contributed by atoms with Crippen LogP contribution in [0.4, 0.5) is 0 Å². The Bertz CT molecular complexity index is 518. The minimum absolute atomic E-state index is 0.102. The van der Waals surface area contributed by atoms with Gasteiger partial charge in [-0.25, -0.2) is 0 Å². The number of hydrogen-bond acceptors (Lipinski definition) is 9. The summed E-state index contributed by atoms with van der Waals surface area (Å²) in [6.07, 6.45) is -0.0572. The second-order valence-electron chi connectivity index (χ2n) is 5.82. The molecule has 3 atom stereocenters. The van der Waals surface area contributed by atoms with E-state index in [2.05, 4.69) is 0 Å². The lowest BCUT2D eigenvalue weighted by molar-refractivity contribution is -0.138. The van der Waals surface area contributed by atoms with E-state index in [-0.39, 0.29) is 38.5 Å². The van der Waals surface area contributed by atoms with Gasteiger partial charge in [0.05, 0.1) is 18.1 Å². The van der Waals surface area contributed by atoms with Crippen LogP contribution >= 0.6 is 0 Å². The van der Waals surface area contributed by atoms with E-state index in [0.717, 1.165) is 0 Å². The van der Waals surface area contributed by atoms with Gasteiger partial charge < -0.3 is 49.7 Å². The van der Waals surface area contributed by atoms with E-state index >= 15 is 0 Å². The molecule has 0 bridgehead atoms. The fourth-order valence-electron chi connectivity index (χ4n) is 1.26. The van der Waals surface area contributed by atoms with Gasteiger partial charge in [0.1, 0.15) is 0 Å². The summed E-state index contributed by atoms with van der Waals surface area (Å²) in [5.41, 5.74) is 29.7. The van der Waals surface area contributed by atoms with Crippen LogP contribution in [-0.2, 0) is 28.8 Å². The maximum absolute atomic E-state index is 10.2. The van der Waals surface area contributed by atoms with Crippen molar-refractivity contribution in [2.75, 3.05) is 0 Å². The maximum Gasteiger partial charge on any atom is 0.303 e. The van der Waals surface area contributed by atoms with E-state index in [1.165, 1.54) is 0 Å². The van der Waals surface area contributed by atoms with Crippen molar-refractivity contribution in [3.05, 3.63) is 0 Å². The third-order valence-electron chi connectivity index (χ3n) is 3.10. The first-order chi connectivity index (χ1) is 13.6. The number of hydrogen-bond donors (Lipinski definition) is 9. The predicted molar refractivity (Wildman–Crippen MR) is 102 cm³/mol. The van der Waals surface area contributed by atoms with Crippen molar-refractivity contribution in [1.29, 1.82) is 0 Å². The molecule has 0 aliphatic carbocycles. The standard InChI is InChI=1S/3C5H10N2O3/c3*6-3(5(7)10)1-2-4(8)9/h3*3H,1-2,6H2,(H2,7,10)(H,8,9)/t3*3-/m000/s1. The third kappa shape index (κ3) is 24.7.